The number of rotatable bonds is 5. The second-order valence-corrected chi connectivity index (χ2v) is 7.39. The average Bonchev–Trinajstić information content (AvgIpc) is 2.88. The van der Waals surface area contributed by atoms with Crippen molar-refractivity contribution in [3.8, 4) is 0 Å². The summed E-state index contributed by atoms with van der Waals surface area (Å²) < 4.78 is 27.1. The highest BCUT2D eigenvalue weighted by atomic mass is 35.5. The molecule has 0 saturated heterocycles. The summed E-state index contributed by atoms with van der Waals surface area (Å²) in [5, 5.41) is 11.9. The van der Waals surface area contributed by atoms with Crippen molar-refractivity contribution in [3.63, 3.8) is 0 Å². The molecule has 0 aliphatic heterocycles. The van der Waals surface area contributed by atoms with Crippen molar-refractivity contribution in [2.24, 2.45) is 0 Å². The number of aliphatic hydroxyl groups is 1. The first-order valence-electron chi connectivity index (χ1n) is 6.26. The molecule has 1 aromatic carbocycles. The molecule has 0 saturated carbocycles. The zero-order chi connectivity index (χ0) is 15.6. The van der Waals surface area contributed by atoms with Crippen LogP contribution in [0.25, 0.3) is 0 Å². The second-order valence-electron chi connectivity index (χ2n) is 4.47. The molecule has 0 radical (unpaired) electrons. The third kappa shape index (κ3) is 3.55. The van der Waals surface area contributed by atoms with E-state index in [-0.39, 0.29) is 10.0 Å². The third-order valence-electron chi connectivity index (χ3n) is 2.98. The predicted molar refractivity (Wildman–Crippen MR) is 84.4 cm³/mol. The van der Waals surface area contributed by atoms with Gasteiger partial charge in [-0.3, -0.25) is 4.72 Å². The SMILES string of the molecule is CC[C@@H](O)c1csc(NS(=O)(=O)c2cccc(Cl)c2C)n1. The van der Waals surface area contributed by atoms with E-state index < -0.39 is 16.1 Å². The van der Waals surface area contributed by atoms with Gasteiger partial charge in [0.15, 0.2) is 5.13 Å². The number of anilines is 1. The number of nitrogens with one attached hydrogen (secondary N) is 1. The van der Waals surface area contributed by atoms with Gasteiger partial charge in [-0.1, -0.05) is 24.6 Å². The minimum Gasteiger partial charge on any atom is -0.387 e. The fraction of sp³-hybridized carbons (Fsp3) is 0.308. The monoisotopic (exact) mass is 346 g/mol. The highest BCUT2D eigenvalue weighted by molar-refractivity contribution is 7.93. The Morgan fingerprint density at radius 3 is 2.86 bits per heavy atom. The van der Waals surface area contributed by atoms with E-state index in [1.807, 2.05) is 6.92 Å². The van der Waals surface area contributed by atoms with Gasteiger partial charge in [-0.05, 0) is 31.0 Å². The zero-order valence-corrected chi connectivity index (χ0v) is 13.9. The van der Waals surface area contributed by atoms with E-state index in [1.54, 1.807) is 24.4 Å². The highest BCUT2D eigenvalue weighted by Gasteiger charge is 2.20. The highest BCUT2D eigenvalue weighted by Crippen LogP contribution is 2.27. The van der Waals surface area contributed by atoms with Crippen molar-refractivity contribution in [3.05, 3.63) is 39.9 Å². The van der Waals surface area contributed by atoms with E-state index in [0.717, 1.165) is 11.3 Å². The standard InChI is InChI=1S/C13H15ClN2O3S2/c1-3-11(17)10-7-20-13(15-10)16-21(18,19)12-6-4-5-9(14)8(12)2/h4-7,11,17H,3H2,1-2H3,(H,15,16)/t11-/m1/s1. The van der Waals surface area contributed by atoms with E-state index in [2.05, 4.69) is 9.71 Å². The zero-order valence-electron chi connectivity index (χ0n) is 11.5. The molecule has 0 spiro atoms. The van der Waals surface area contributed by atoms with Crippen LogP contribution in [0, 0.1) is 6.92 Å². The smallest absolute Gasteiger partial charge is 0.263 e. The van der Waals surface area contributed by atoms with Crippen LogP contribution in [-0.2, 0) is 10.0 Å². The van der Waals surface area contributed by atoms with Crippen LogP contribution in [0.4, 0.5) is 5.13 Å². The molecule has 2 aromatic rings. The first kappa shape index (κ1) is 16.2. The van der Waals surface area contributed by atoms with E-state index in [4.69, 9.17) is 11.6 Å². The molecule has 2 N–H and O–H groups in total. The van der Waals surface area contributed by atoms with Crippen molar-refractivity contribution in [2.75, 3.05) is 4.72 Å². The average molecular weight is 347 g/mol. The Morgan fingerprint density at radius 2 is 2.19 bits per heavy atom. The third-order valence-corrected chi connectivity index (χ3v) is 5.78. The Labute approximate surface area is 132 Å². The van der Waals surface area contributed by atoms with Crippen LogP contribution in [0.5, 0.6) is 0 Å². The maximum atomic E-state index is 12.4. The molecule has 1 aromatic heterocycles. The van der Waals surface area contributed by atoms with Crippen molar-refractivity contribution < 1.29 is 13.5 Å². The second kappa shape index (κ2) is 6.31. The molecule has 1 atom stereocenters. The molecule has 0 aliphatic rings. The van der Waals surface area contributed by atoms with Gasteiger partial charge in [-0.2, -0.15) is 0 Å². The van der Waals surface area contributed by atoms with E-state index in [1.165, 1.54) is 6.07 Å². The number of benzene rings is 1. The molecule has 0 amide bonds. The van der Waals surface area contributed by atoms with Gasteiger partial charge in [0.2, 0.25) is 0 Å². The summed E-state index contributed by atoms with van der Waals surface area (Å²) >= 11 is 7.08. The van der Waals surface area contributed by atoms with Gasteiger partial charge in [0.25, 0.3) is 10.0 Å². The molecule has 21 heavy (non-hydrogen) atoms. The summed E-state index contributed by atoms with van der Waals surface area (Å²) in [6.45, 7) is 3.47. The van der Waals surface area contributed by atoms with Gasteiger partial charge < -0.3 is 5.11 Å². The van der Waals surface area contributed by atoms with Crippen LogP contribution in [0.15, 0.2) is 28.5 Å². The number of aliphatic hydroxyl groups excluding tert-OH is 1. The molecule has 0 fully saturated rings. The first-order valence-corrected chi connectivity index (χ1v) is 9.00. The lowest BCUT2D eigenvalue weighted by molar-refractivity contribution is 0.169. The number of hydrogen-bond acceptors (Lipinski definition) is 5. The van der Waals surface area contributed by atoms with Gasteiger partial charge in [0.05, 0.1) is 16.7 Å². The number of sulfonamides is 1. The quantitative estimate of drug-likeness (QED) is 0.870. The fourth-order valence-corrected chi connectivity index (χ4v) is 4.25. The maximum absolute atomic E-state index is 12.4. The Kier molecular flexibility index (Phi) is 4.88. The van der Waals surface area contributed by atoms with Gasteiger partial charge >= 0.3 is 0 Å². The number of halogens is 1. The summed E-state index contributed by atoms with van der Waals surface area (Å²) in [6, 6.07) is 4.70. The summed E-state index contributed by atoms with van der Waals surface area (Å²) in [5.41, 5.74) is 0.944. The molecule has 114 valence electrons. The number of nitrogens with zero attached hydrogens (tertiary/aromatic N) is 1. The molecular weight excluding hydrogens is 332 g/mol. The normalized spacial score (nSPS) is 13.1. The predicted octanol–water partition coefficient (Wildman–Crippen LogP) is 3.35. The Balaban J connectivity index is 2.29. The van der Waals surface area contributed by atoms with Crippen LogP contribution in [0.3, 0.4) is 0 Å². The van der Waals surface area contributed by atoms with Crippen LogP contribution in [0.1, 0.15) is 30.7 Å². The van der Waals surface area contributed by atoms with Gasteiger partial charge in [-0.25, -0.2) is 13.4 Å². The molecule has 0 aliphatic carbocycles. The topological polar surface area (TPSA) is 79.3 Å². The fourth-order valence-electron chi connectivity index (χ4n) is 1.74. The minimum atomic E-state index is -3.75. The lowest BCUT2D eigenvalue weighted by Crippen LogP contribution is -2.14. The van der Waals surface area contributed by atoms with Gasteiger partial charge in [0, 0.05) is 10.4 Å². The summed E-state index contributed by atoms with van der Waals surface area (Å²) in [6.07, 6.45) is -0.170. The molecule has 2 rings (SSSR count). The lowest BCUT2D eigenvalue weighted by Gasteiger charge is -2.09. The number of hydrogen-bond donors (Lipinski definition) is 2. The molecular formula is C13H15ClN2O3S2. The Morgan fingerprint density at radius 1 is 1.48 bits per heavy atom. The number of aromatic nitrogens is 1. The summed E-state index contributed by atoms with van der Waals surface area (Å²) in [5.74, 6) is 0. The molecule has 0 unspecified atom stereocenters. The summed E-state index contributed by atoms with van der Waals surface area (Å²) in [4.78, 5) is 4.20. The molecule has 8 heteroatoms. The van der Waals surface area contributed by atoms with Crippen molar-refractivity contribution >= 4 is 38.1 Å². The van der Waals surface area contributed by atoms with E-state index >= 15 is 0 Å². The van der Waals surface area contributed by atoms with Crippen LogP contribution >= 0.6 is 22.9 Å². The van der Waals surface area contributed by atoms with Crippen LogP contribution in [0.2, 0.25) is 5.02 Å². The van der Waals surface area contributed by atoms with E-state index in [0.29, 0.717) is 22.7 Å². The van der Waals surface area contributed by atoms with Gasteiger partial charge in [-0.15, -0.1) is 11.3 Å². The minimum absolute atomic E-state index is 0.114. The molecule has 0 bridgehead atoms. The Bertz CT molecular complexity index is 744. The first-order chi connectivity index (χ1) is 9.85. The largest absolute Gasteiger partial charge is 0.387 e. The Hall–Kier alpha value is -1.15. The van der Waals surface area contributed by atoms with Crippen LogP contribution < -0.4 is 4.72 Å². The van der Waals surface area contributed by atoms with Crippen molar-refractivity contribution in [1.82, 2.24) is 4.98 Å². The van der Waals surface area contributed by atoms with Crippen molar-refractivity contribution in [1.29, 1.82) is 0 Å². The summed E-state index contributed by atoms with van der Waals surface area (Å²) in [7, 11) is -3.75. The molecule has 1 heterocycles. The van der Waals surface area contributed by atoms with Crippen LogP contribution in [-0.4, -0.2) is 18.5 Å². The maximum Gasteiger partial charge on any atom is 0.263 e. The number of thiazole rings is 1. The molecule has 5 nitrogen and oxygen atoms in total. The van der Waals surface area contributed by atoms with E-state index in [9.17, 15) is 13.5 Å². The van der Waals surface area contributed by atoms with Crippen molar-refractivity contribution in [2.45, 2.75) is 31.3 Å². The van der Waals surface area contributed by atoms with Gasteiger partial charge in [0.1, 0.15) is 0 Å². The lowest BCUT2D eigenvalue weighted by atomic mass is 10.2.